The van der Waals surface area contributed by atoms with Crippen LogP contribution >= 0.6 is 0 Å². The van der Waals surface area contributed by atoms with Crippen molar-refractivity contribution in [3.05, 3.63) is 36.2 Å². The minimum atomic E-state index is -0.000603. The van der Waals surface area contributed by atoms with Crippen molar-refractivity contribution in [2.75, 3.05) is 20.1 Å². The predicted octanol–water partition coefficient (Wildman–Crippen LogP) is 0.892. The van der Waals surface area contributed by atoms with E-state index in [4.69, 9.17) is 4.74 Å². The molecule has 0 aliphatic carbocycles. The number of fused-ring (bicyclic) bond motifs is 2. The monoisotopic (exact) mass is 298 g/mol. The van der Waals surface area contributed by atoms with Gasteiger partial charge in [-0.1, -0.05) is 6.07 Å². The lowest BCUT2D eigenvalue weighted by atomic mass is 10.1. The normalized spacial score (nSPS) is 23.7. The quantitative estimate of drug-likeness (QED) is 0.849. The number of benzene rings is 1. The standard InChI is InChI=1S/C16H18N4O2/c1-19-9-11(6-18-19)10-3-4-12-14(5-10)22-15-8-17-7-13(15)20(2)16(12)21/h3-6,9,13,15,17H,7-8H2,1-2H3/t13-,15+/m1/s1. The summed E-state index contributed by atoms with van der Waals surface area (Å²) in [6.45, 7) is 1.54. The first-order chi connectivity index (χ1) is 10.6. The zero-order valence-corrected chi connectivity index (χ0v) is 12.6. The molecule has 0 bridgehead atoms. The highest BCUT2D eigenvalue weighted by Gasteiger charge is 2.38. The van der Waals surface area contributed by atoms with Crippen LogP contribution in [-0.4, -0.2) is 52.9 Å². The summed E-state index contributed by atoms with van der Waals surface area (Å²) < 4.78 is 7.90. The van der Waals surface area contributed by atoms with Gasteiger partial charge in [0.05, 0.1) is 17.8 Å². The first-order valence-electron chi connectivity index (χ1n) is 7.41. The molecular weight excluding hydrogens is 280 g/mol. The Bertz CT molecular complexity index is 739. The van der Waals surface area contributed by atoms with Gasteiger partial charge in [-0.25, -0.2) is 0 Å². The Morgan fingerprint density at radius 2 is 2.14 bits per heavy atom. The van der Waals surface area contributed by atoms with Crippen LogP contribution in [0.5, 0.6) is 5.75 Å². The molecule has 1 N–H and O–H groups in total. The zero-order valence-electron chi connectivity index (χ0n) is 12.6. The van der Waals surface area contributed by atoms with Crippen LogP contribution in [0.2, 0.25) is 0 Å². The summed E-state index contributed by atoms with van der Waals surface area (Å²) in [5.41, 5.74) is 2.65. The number of nitrogens with one attached hydrogen (secondary N) is 1. The fourth-order valence-electron chi connectivity index (χ4n) is 3.20. The smallest absolute Gasteiger partial charge is 0.257 e. The van der Waals surface area contributed by atoms with Crippen molar-refractivity contribution in [3.63, 3.8) is 0 Å². The minimum Gasteiger partial charge on any atom is -0.486 e. The third kappa shape index (κ3) is 1.99. The van der Waals surface area contributed by atoms with Gasteiger partial charge in [0.1, 0.15) is 11.9 Å². The lowest BCUT2D eigenvalue weighted by molar-refractivity contribution is 0.0683. The van der Waals surface area contributed by atoms with Crippen molar-refractivity contribution < 1.29 is 9.53 Å². The van der Waals surface area contributed by atoms with E-state index in [1.54, 1.807) is 9.58 Å². The lowest BCUT2D eigenvalue weighted by Crippen LogP contribution is -2.44. The molecule has 2 aromatic rings. The second-order valence-electron chi connectivity index (χ2n) is 5.91. The van der Waals surface area contributed by atoms with Crippen molar-refractivity contribution in [1.82, 2.24) is 20.0 Å². The molecule has 0 unspecified atom stereocenters. The number of aromatic nitrogens is 2. The molecule has 2 atom stereocenters. The van der Waals surface area contributed by atoms with Gasteiger partial charge in [0.15, 0.2) is 0 Å². The molecule has 6 heteroatoms. The van der Waals surface area contributed by atoms with Gasteiger partial charge in [0, 0.05) is 38.9 Å². The molecule has 1 aromatic heterocycles. The molecule has 0 radical (unpaired) electrons. The summed E-state index contributed by atoms with van der Waals surface area (Å²) in [6, 6.07) is 5.83. The Labute approximate surface area is 128 Å². The average molecular weight is 298 g/mol. The summed E-state index contributed by atoms with van der Waals surface area (Å²) in [7, 11) is 3.73. The molecule has 0 spiro atoms. The molecule has 4 rings (SSSR count). The van der Waals surface area contributed by atoms with Gasteiger partial charge in [0.25, 0.3) is 5.91 Å². The number of hydrogen-bond acceptors (Lipinski definition) is 4. The fraction of sp³-hybridized carbons (Fsp3) is 0.375. The van der Waals surface area contributed by atoms with Crippen LogP contribution < -0.4 is 10.1 Å². The number of carbonyl (C=O) groups is 1. The number of aryl methyl sites for hydroxylation is 1. The average Bonchev–Trinajstić information content (AvgIpc) is 3.13. The van der Waals surface area contributed by atoms with Crippen LogP contribution in [0.1, 0.15) is 10.4 Å². The molecule has 2 aliphatic rings. The van der Waals surface area contributed by atoms with E-state index in [1.807, 2.05) is 44.7 Å². The maximum atomic E-state index is 12.6. The Morgan fingerprint density at radius 3 is 2.91 bits per heavy atom. The number of hydrogen-bond donors (Lipinski definition) is 1. The van der Waals surface area contributed by atoms with Crippen LogP contribution in [0.4, 0.5) is 0 Å². The second kappa shape index (κ2) is 4.84. The highest BCUT2D eigenvalue weighted by Crippen LogP contribution is 2.32. The van der Waals surface area contributed by atoms with E-state index in [2.05, 4.69) is 10.4 Å². The van der Waals surface area contributed by atoms with E-state index in [-0.39, 0.29) is 18.1 Å². The predicted molar refractivity (Wildman–Crippen MR) is 81.8 cm³/mol. The number of ether oxygens (including phenoxy) is 1. The summed E-state index contributed by atoms with van der Waals surface area (Å²) in [5.74, 6) is 0.679. The highest BCUT2D eigenvalue weighted by molar-refractivity contribution is 5.98. The van der Waals surface area contributed by atoms with Crippen molar-refractivity contribution in [1.29, 1.82) is 0 Å². The molecule has 1 amide bonds. The molecular formula is C16H18N4O2. The summed E-state index contributed by atoms with van der Waals surface area (Å²) >= 11 is 0. The molecule has 2 aliphatic heterocycles. The van der Waals surface area contributed by atoms with Gasteiger partial charge >= 0.3 is 0 Å². The molecule has 114 valence electrons. The van der Waals surface area contributed by atoms with Crippen molar-refractivity contribution in [2.45, 2.75) is 12.1 Å². The van der Waals surface area contributed by atoms with Crippen LogP contribution in [0.15, 0.2) is 30.6 Å². The zero-order chi connectivity index (χ0) is 15.3. The lowest BCUT2D eigenvalue weighted by Gasteiger charge is -2.24. The van der Waals surface area contributed by atoms with E-state index in [0.717, 1.165) is 24.2 Å². The highest BCUT2D eigenvalue weighted by atomic mass is 16.5. The maximum absolute atomic E-state index is 12.6. The van der Waals surface area contributed by atoms with Gasteiger partial charge in [-0.05, 0) is 17.7 Å². The minimum absolute atomic E-state index is 0.000603. The van der Waals surface area contributed by atoms with Crippen LogP contribution in [0, 0.1) is 0 Å². The van der Waals surface area contributed by atoms with Gasteiger partial charge < -0.3 is 15.0 Å². The molecule has 3 heterocycles. The maximum Gasteiger partial charge on any atom is 0.257 e. The summed E-state index contributed by atoms with van der Waals surface area (Å²) in [4.78, 5) is 14.4. The second-order valence-corrected chi connectivity index (χ2v) is 5.91. The van der Waals surface area contributed by atoms with Gasteiger partial charge in [-0.15, -0.1) is 0 Å². The fourth-order valence-corrected chi connectivity index (χ4v) is 3.20. The first-order valence-corrected chi connectivity index (χ1v) is 7.41. The molecule has 22 heavy (non-hydrogen) atoms. The van der Waals surface area contributed by atoms with E-state index in [9.17, 15) is 4.79 Å². The summed E-state index contributed by atoms with van der Waals surface area (Å²) in [6.07, 6.45) is 3.76. The number of rotatable bonds is 1. The van der Waals surface area contributed by atoms with Crippen molar-refractivity contribution >= 4 is 5.91 Å². The SMILES string of the molecule is CN1C(=O)c2ccc(-c3cnn(C)c3)cc2O[C@H]2CNC[C@H]21. The summed E-state index contributed by atoms with van der Waals surface area (Å²) in [5, 5.41) is 7.49. The third-order valence-corrected chi connectivity index (χ3v) is 4.47. The topological polar surface area (TPSA) is 59.4 Å². The number of carbonyl (C=O) groups excluding carboxylic acids is 1. The van der Waals surface area contributed by atoms with E-state index in [1.165, 1.54) is 0 Å². The van der Waals surface area contributed by atoms with E-state index >= 15 is 0 Å². The Hall–Kier alpha value is -2.34. The van der Waals surface area contributed by atoms with Crippen LogP contribution in [0.25, 0.3) is 11.1 Å². The Balaban J connectivity index is 1.78. The molecule has 6 nitrogen and oxygen atoms in total. The number of amides is 1. The molecule has 1 aromatic carbocycles. The Morgan fingerprint density at radius 1 is 1.27 bits per heavy atom. The first kappa shape index (κ1) is 13.3. The van der Waals surface area contributed by atoms with Gasteiger partial charge in [-0.2, -0.15) is 5.10 Å². The molecule has 0 saturated carbocycles. The third-order valence-electron chi connectivity index (χ3n) is 4.47. The van der Waals surface area contributed by atoms with Crippen LogP contribution in [0.3, 0.4) is 0 Å². The molecule has 1 fully saturated rings. The Kier molecular flexibility index (Phi) is 2.94. The largest absolute Gasteiger partial charge is 0.486 e. The van der Waals surface area contributed by atoms with Crippen LogP contribution in [-0.2, 0) is 7.05 Å². The van der Waals surface area contributed by atoms with Crippen molar-refractivity contribution in [3.8, 4) is 16.9 Å². The van der Waals surface area contributed by atoms with Crippen molar-refractivity contribution in [2.24, 2.45) is 7.05 Å². The number of nitrogens with zero attached hydrogens (tertiary/aromatic N) is 3. The van der Waals surface area contributed by atoms with Gasteiger partial charge in [-0.3, -0.25) is 9.48 Å². The van der Waals surface area contributed by atoms with Gasteiger partial charge in [0.2, 0.25) is 0 Å². The number of likely N-dealkylation sites (N-methyl/N-ethyl adjacent to an activating group) is 1. The van der Waals surface area contributed by atoms with E-state index in [0.29, 0.717) is 11.3 Å². The van der Waals surface area contributed by atoms with E-state index < -0.39 is 0 Å². The molecule has 1 saturated heterocycles.